The minimum absolute atomic E-state index is 0.407. The van der Waals surface area contributed by atoms with Gasteiger partial charge in [0, 0.05) is 6.26 Å². The molecule has 2 aliphatic rings. The molecule has 0 amide bonds. The first-order valence-corrected chi connectivity index (χ1v) is 7.02. The first-order valence-electron chi connectivity index (χ1n) is 4.96. The molecule has 0 aromatic carbocycles. The zero-order valence-corrected chi connectivity index (χ0v) is 9.39. The number of hydrogen-bond donors (Lipinski definition) is 1. The largest absolute Gasteiger partial charge is 0.316 e. The van der Waals surface area contributed by atoms with E-state index in [4.69, 9.17) is 0 Å². The third-order valence-electron chi connectivity index (χ3n) is 2.76. The zero-order chi connectivity index (χ0) is 10.1. The second kappa shape index (κ2) is 3.96. The van der Waals surface area contributed by atoms with E-state index < -0.39 is 9.84 Å². The maximum atomic E-state index is 10.9. The molecule has 0 bridgehead atoms. The summed E-state index contributed by atoms with van der Waals surface area (Å²) < 4.78 is 21.8. The summed E-state index contributed by atoms with van der Waals surface area (Å²) in [6, 6.07) is 0. The molecule has 1 saturated heterocycles. The summed E-state index contributed by atoms with van der Waals surface area (Å²) in [5.74, 6) is 2.23. The maximum absolute atomic E-state index is 10.9. The Morgan fingerprint density at radius 3 is 2.08 bits per heavy atom. The van der Waals surface area contributed by atoms with Gasteiger partial charge in [-0.2, -0.15) is 0 Å². The lowest BCUT2D eigenvalue weighted by Gasteiger charge is -2.01. The van der Waals surface area contributed by atoms with Crippen LogP contribution >= 0.6 is 0 Å². The smallest absolute Gasteiger partial charge is 0.147 e. The molecule has 78 valence electrons. The fraction of sp³-hybridized carbons (Fsp3) is 1.00. The van der Waals surface area contributed by atoms with Crippen LogP contribution in [0.5, 0.6) is 0 Å². The summed E-state index contributed by atoms with van der Waals surface area (Å²) in [6.45, 7) is 6.07. The van der Waals surface area contributed by atoms with E-state index in [2.05, 4.69) is 5.32 Å². The van der Waals surface area contributed by atoms with Crippen molar-refractivity contribution < 1.29 is 8.42 Å². The molecule has 2 rings (SSSR count). The standard InChI is InChI=1S/C7H13NO2S.C2H6/c1-11(9,10)4-7-5-2-8-3-6(5)7;1-2/h5-8H,2-4H2,1H3;1-2H3. The predicted molar refractivity (Wildman–Crippen MR) is 54.4 cm³/mol. The van der Waals surface area contributed by atoms with E-state index in [1.807, 2.05) is 13.8 Å². The Balaban J connectivity index is 0.000000396. The van der Waals surface area contributed by atoms with Gasteiger partial charge in [0.25, 0.3) is 0 Å². The Morgan fingerprint density at radius 1 is 1.23 bits per heavy atom. The molecule has 1 heterocycles. The van der Waals surface area contributed by atoms with Crippen molar-refractivity contribution in [3.05, 3.63) is 0 Å². The Morgan fingerprint density at radius 2 is 1.69 bits per heavy atom. The van der Waals surface area contributed by atoms with Gasteiger partial charge in [0.1, 0.15) is 9.84 Å². The van der Waals surface area contributed by atoms with E-state index in [1.54, 1.807) is 0 Å². The quantitative estimate of drug-likeness (QED) is 0.715. The summed E-state index contributed by atoms with van der Waals surface area (Å²) in [5, 5.41) is 3.24. The molecule has 13 heavy (non-hydrogen) atoms. The summed E-state index contributed by atoms with van der Waals surface area (Å²) in [7, 11) is -2.73. The summed E-state index contributed by atoms with van der Waals surface area (Å²) in [4.78, 5) is 0. The molecule has 0 aromatic heterocycles. The number of rotatable bonds is 2. The Kier molecular flexibility index (Phi) is 3.35. The highest BCUT2D eigenvalue weighted by atomic mass is 32.2. The number of piperidine rings is 1. The highest BCUT2D eigenvalue weighted by molar-refractivity contribution is 7.90. The minimum atomic E-state index is -2.73. The van der Waals surface area contributed by atoms with E-state index in [0.29, 0.717) is 23.5 Å². The van der Waals surface area contributed by atoms with Crippen LogP contribution in [0.1, 0.15) is 13.8 Å². The summed E-state index contributed by atoms with van der Waals surface area (Å²) in [6.07, 6.45) is 1.33. The van der Waals surface area contributed by atoms with Gasteiger partial charge in [0.15, 0.2) is 0 Å². The number of hydrogen-bond acceptors (Lipinski definition) is 3. The lowest BCUT2D eigenvalue weighted by atomic mass is 10.3. The van der Waals surface area contributed by atoms with Gasteiger partial charge >= 0.3 is 0 Å². The van der Waals surface area contributed by atoms with Crippen LogP contribution in [0.4, 0.5) is 0 Å². The van der Waals surface area contributed by atoms with Crippen LogP contribution < -0.4 is 5.32 Å². The van der Waals surface area contributed by atoms with Crippen molar-refractivity contribution in [2.24, 2.45) is 17.8 Å². The van der Waals surface area contributed by atoms with Crippen LogP contribution in [0.2, 0.25) is 0 Å². The van der Waals surface area contributed by atoms with Crippen molar-refractivity contribution in [1.29, 1.82) is 0 Å². The van der Waals surface area contributed by atoms with Gasteiger partial charge in [-0.3, -0.25) is 0 Å². The molecule has 0 radical (unpaired) electrons. The van der Waals surface area contributed by atoms with Crippen molar-refractivity contribution >= 4 is 9.84 Å². The first-order chi connectivity index (χ1) is 6.08. The molecule has 2 unspecified atom stereocenters. The van der Waals surface area contributed by atoms with Gasteiger partial charge in [-0.05, 0) is 30.8 Å². The summed E-state index contributed by atoms with van der Waals surface area (Å²) in [5.41, 5.74) is 0. The van der Waals surface area contributed by atoms with Gasteiger partial charge in [-0.1, -0.05) is 13.8 Å². The van der Waals surface area contributed by atoms with E-state index >= 15 is 0 Å². The van der Waals surface area contributed by atoms with Crippen LogP contribution in [0.25, 0.3) is 0 Å². The molecule has 1 aliphatic heterocycles. The van der Waals surface area contributed by atoms with E-state index in [1.165, 1.54) is 6.26 Å². The van der Waals surface area contributed by atoms with Crippen LogP contribution in [0.3, 0.4) is 0 Å². The Labute approximate surface area is 80.8 Å². The molecule has 0 aromatic rings. The molecule has 1 saturated carbocycles. The molecule has 1 aliphatic carbocycles. The fourth-order valence-electron chi connectivity index (χ4n) is 2.14. The first kappa shape index (κ1) is 11.0. The van der Waals surface area contributed by atoms with Crippen molar-refractivity contribution in [3.8, 4) is 0 Å². The number of nitrogens with one attached hydrogen (secondary N) is 1. The molecule has 1 N–H and O–H groups in total. The molecule has 4 heteroatoms. The van der Waals surface area contributed by atoms with Crippen molar-refractivity contribution in [2.45, 2.75) is 13.8 Å². The maximum Gasteiger partial charge on any atom is 0.147 e. The van der Waals surface area contributed by atoms with E-state index in [9.17, 15) is 8.42 Å². The molecular weight excluding hydrogens is 186 g/mol. The van der Waals surface area contributed by atoms with Crippen molar-refractivity contribution in [1.82, 2.24) is 5.32 Å². The average Bonchev–Trinajstić information content (AvgIpc) is 2.49. The van der Waals surface area contributed by atoms with E-state index in [0.717, 1.165) is 13.1 Å². The lowest BCUT2D eigenvalue weighted by molar-refractivity contribution is 0.581. The Bertz CT molecular complexity index is 251. The second-order valence-electron chi connectivity index (χ2n) is 3.74. The van der Waals surface area contributed by atoms with Gasteiger partial charge < -0.3 is 5.32 Å². The fourth-order valence-corrected chi connectivity index (χ4v) is 3.34. The summed E-state index contributed by atoms with van der Waals surface area (Å²) >= 11 is 0. The van der Waals surface area contributed by atoms with E-state index in [-0.39, 0.29) is 0 Å². The van der Waals surface area contributed by atoms with Crippen LogP contribution in [0.15, 0.2) is 0 Å². The molecule has 0 spiro atoms. The highest BCUT2D eigenvalue weighted by Gasteiger charge is 2.53. The number of sulfone groups is 1. The zero-order valence-electron chi connectivity index (χ0n) is 8.58. The predicted octanol–water partition coefficient (Wildman–Crippen LogP) is 0.523. The minimum Gasteiger partial charge on any atom is -0.316 e. The van der Waals surface area contributed by atoms with Crippen molar-refractivity contribution in [2.75, 3.05) is 25.1 Å². The van der Waals surface area contributed by atoms with Gasteiger partial charge in [0.2, 0.25) is 0 Å². The molecule has 2 atom stereocenters. The SMILES string of the molecule is CC.CS(=O)(=O)CC1C2CNCC21. The van der Waals surface area contributed by atoms with Crippen LogP contribution in [0, 0.1) is 17.8 Å². The van der Waals surface area contributed by atoms with Crippen molar-refractivity contribution in [3.63, 3.8) is 0 Å². The van der Waals surface area contributed by atoms with Crippen LogP contribution in [-0.2, 0) is 9.84 Å². The third kappa shape index (κ3) is 2.68. The van der Waals surface area contributed by atoms with Gasteiger partial charge in [-0.15, -0.1) is 0 Å². The topological polar surface area (TPSA) is 46.2 Å². The number of fused-ring (bicyclic) bond motifs is 1. The molecular formula is C9H19NO2S. The normalized spacial score (nSPS) is 36.1. The average molecular weight is 205 g/mol. The lowest BCUT2D eigenvalue weighted by Crippen LogP contribution is -2.18. The highest BCUT2D eigenvalue weighted by Crippen LogP contribution is 2.49. The van der Waals surface area contributed by atoms with Gasteiger partial charge in [0.05, 0.1) is 5.75 Å². The monoisotopic (exact) mass is 205 g/mol. The third-order valence-corrected chi connectivity index (χ3v) is 3.75. The molecule has 2 fully saturated rings. The Hall–Kier alpha value is -0.0900. The molecule has 3 nitrogen and oxygen atoms in total. The second-order valence-corrected chi connectivity index (χ2v) is 5.93. The van der Waals surface area contributed by atoms with Crippen LogP contribution in [-0.4, -0.2) is 33.5 Å². The van der Waals surface area contributed by atoms with Gasteiger partial charge in [-0.25, -0.2) is 8.42 Å².